The third kappa shape index (κ3) is 5.56. The van der Waals surface area contributed by atoms with Gasteiger partial charge in [-0.25, -0.2) is 0 Å². The summed E-state index contributed by atoms with van der Waals surface area (Å²) in [5.74, 6) is 0.832. The highest BCUT2D eigenvalue weighted by molar-refractivity contribution is 7.71. The average Bonchev–Trinajstić information content (AvgIpc) is 3.00. The number of carbonyl (C=O) groups is 1. The van der Waals surface area contributed by atoms with Crippen LogP contribution in [0.15, 0.2) is 36.4 Å². The van der Waals surface area contributed by atoms with Gasteiger partial charge >= 0.3 is 7.60 Å². The van der Waals surface area contributed by atoms with Crippen LogP contribution in [-0.4, -0.2) is 21.9 Å². The Morgan fingerprint density at radius 3 is 2.46 bits per heavy atom. The van der Waals surface area contributed by atoms with Gasteiger partial charge in [-0.1, -0.05) is 31.9 Å². The Bertz CT molecular complexity index is 717. The highest BCUT2D eigenvalue weighted by atomic mass is 32.1. The largest absolute Gasteiger partial charge is 0.494 e. The summed E-state index contributed by atoms with van der Waals surface area (Å²) >= 11 is 1.11. The summed E-state index contributed by atoms with van der Waals surface area (Å²) in [5, 5.41) is 0. The molecule has 130 valence electrons. The summed E-state index contributed by atoms with van der Waals surface area (Å²) in [5.41, 5.74) is -0.0671. The van der Waals surface area contributed by atoms with E-state index >= 15 is 0 Å². The Morgan fingerprint density at radius 1 is 1.12 bits per heavy atom. The molecule has 2 rings (SSSR count). The minimum absolute atomic E-state index is 0.0919. The van der Waals surface area contributed by atoms with Gasteiger partial charge in [-0.05, 0) is 36.2 Å². The van der Waals surface area contributed by atoms with Crippen molar-refractivity contribution in [3.63, 3.8) is 0 Å². The van der Waals surface area contributed by atoms with Gasteiger partial charge in [0, 0.05) is 11.3 Å². The molecule has 0 bridgehead atoms. The summed E-state index contributed by atoms with van der Waals surface area (Å²) in [6, 6.07) is 10.9. The van der Waals surface area contributed by atoms with E-state index in [9.17, 15) is 9.36 Å². The zero-order valence-electron chi connectivity index (χ0n) is 13.5. The Labute approximate surface area is 145 Å². The van der Waals surface area contributed by atoms with Crippen molar-refractivity contribution < 1.29 is 23.9 Å². The van der Waals surface area contributed by atoms with Crippen LogP contribution in [0, 0.1) is 0 Å². The van der Waals surface area contributed by atoms with E-state index in [1.807, 2.05) is 24.3 Å². The van der Waals surface area contributed by atoms with Crippen LogP contribution >= 0.6 is 18.9 Å². The standard InChI is InChI=1S/C17H21O5PS/c1-2-3-4-11-22-14-7-5-13(6-8-14)12-15-9-10-16(24-15)17(18)23(19,20)21/h5-10H,2-4,11-12H2,1H3,(H2,19,20,21). The molecule has 5 nitrogen and oxygen atoms in total. The average molecular weight is 368 g/mol. The van der Waals surface area contributed by atoms with E-state index in [1.165, 1.54) is 6.07 Å². The van der Waals surface area contributed by atoms with Crippen LogP contribution in [-0.2, 0) is 11.0 Å². The molecule has 0 aliphatic heterocycles. The summed E-state index contributed by atoms with van der Waals surface area (Å²) in [7, 11) is -4.72. The molecule has 0 radical (unpaired) electrons. The lowest BCUT2D eigenvalue weighted by molar-refractivity contribution is 0.104. The van der Waals surface area contributed by atoms with E-state index in [1.54, 1.807) is 6.07 Å². The van der Waals surface area contributed by atoms with Crippen LogP contribution in [0.2, 0.25) is 0 Å². The molecule has 24 heavy (non-hydrogen) atoms. The van der Waals surface area contributed by atoms with Gasteiger partial charge in [-0.2, -0.15) is 0 Å². The number of benzene rings is 1. The Kier molecular flexibility index (Phi) is 6.75. The van der Waals surface area contributed by atoms with Gasteiger partial charge in [0.1, 0.15) is 5.75 Å². The maximum absolute atomic E-state index is 11.6. The minimum Gasteiger partial charge on any atom is -0.494 e. The number of hydrogen-bond acceptors (Lipinski definition) is 4. The van der Waals surface area contributed by atoms with Gasteiger partial charge in [-0.3, -0.25) is 9.36 Å². The molecule has 0 saturated carbocycles. The molecular weight excluding hydrogens is 347 g/mol. The first kappa shape index (κ1) is 18.9. The molecule has 0 aliphatic rings. The van der Waals surface area contributed by atoms with Crippen LogP contribution in [0.4, 0.5) is 0 Å². The SMILES string of the molecule is CCCCCOc1ccc(Cc2ccc(C(=O)P(=O)(O)O)s2)cc1. The Balaban J connectivity index is 1.93. The number of rotatable bonds is 9. The van der Waals surface area contributed by atoms with Crippen molar-refractivity contribution >= 4 is 24.5 Å². The Morgan fingerprint density at radius 2 is 1.83 bits per heavy atom. The molecule has 0 aliphatic carbocycles. The molecule has 0 fully saturated rings. The molecule has 0 atom stereocenters. The zero-order valence-corrected chi connectivity index (χ0v) is 15.2. The maximum atomic E-state index is 11.6. The van der Waals surface area contributed by atoms with Crippen molar-refractivity contribution in [2.75, 3.05) is 6.61 Å². The number of carbonyl (C=O) groups excluding carboxylic acids is 1. The van der Waals surface area contributed by atoms with E-state index in [2.05, 4.69) is 6.92 Å². The first-order valence-corrected chi connectivity index (χ1v) is 10.2. The highest BCUT2D eigenvalue weighted by Gasteiger charge is 2.28. The molecule has 1 heterocycles. The predicted molar refractivity (Wildman–Crippen MR) is 95.0 cm³/mol. The van der Waals surface area contributed by atoms with Crippen molar-refractivity contribution in [1.82, 2.24) is 0 Å². The van der Waals surface area contributed by atoms with E-state index in [0.717, 1.165) is 46.8 Å². The summed E-state index contributed by atoms with van der Waals surface area (Å²) in [6.45, 7) is 2.87. The molecule has 0 amide bonds. The van der Waals surface area contributed by atoms with Crippen LogP contribution in [0.3, 0.4) is 0 Å². The van der Waals surface area contributed by atoms with Gasteiger partial charge in [-0.15, -0.1) is 11.3 Å². The molecular formula is C17H21O5PS. The van der Waals surface area contributed by atoms with Gasteiger partial charge in [0.25, 0.3) is 5.52 Å². The fourth-order valence-corrected chi connectivity index (χ4v) is 3.91. The zero-order chi connectivity index (χ0) is 17.6. The first-order chi connectivity index (χ1) is 11.4. The molecule has 7 heteroatoms. The Hall–Kier alpha value is -1.46. The fourth-order valence-electron chi connectivity index (χ4n) is 2.18. The van der Waals surface area contributed by atoms with E-state index in [4.69, 9.17) is 14.5 Å². The second-order valence-corrected chi connectivity index (χ2v) is 8.15. The normalized spacial score (nSPS) is 11.5. The molecule has 0 spiro atoms. The fraction of sp³-hybridized carbons (Fsp3) is 0.353. The van der Waals surface area contributed by atoms with E-state index in [0.29, 0.717) is 13.0 Å². The van der Waals surface area contributed by atoms with Crippen molar-refractivity contribution in [2.24, 2.45) is 0 Å². The van der Waals surface area contributed by atoms with E-state index < -0.39 is 13.1 Å². The van der Waals surface area contributed by atoms with Crippen LogP contribution in [0.5, 0.6) is 5.75 Å². The highest BCUT2D eigenvalue weighted by Crippen LogP contribution is 2.41. The third-order valence-electron chi connectivity index (χ3n) is 3.46. The molecule has 1 aromatic carbocycles. The van der Waals surface area contributed by atoms with Crippen molar-refractivity contribution in [3.05, 3.63) is 51.7 Å². The number of thiophene rings is 1. The quantitative estimate of drug-likeness (QED) is 0.511. The third-order valence-corrected chi connectivity index (χ3v) is 5.46. The predicted octanol–water partition coefficient (Wildman–Crippen LogP) is 4.23. The topological polar surface area (TPSA) is 83.8 Å². The lowest BCUT2D eigenvalue weighted by Crippen LogP contribution is -1.97. The lowest BCUT2D eigenvalue weighted by atomic mass is 10.1. The van der Waals surface area contributed by atoms with Crippen LogP contribution in [0.1, 0.15) is 46.3 Å². The summed E-state index contributed by atoms with van der Waals surface area (Å²) in [6.07, 6.45) is 3.97. The van der Waals surface area contributed by atoms with Gasteiger partial charge in [0.05, 0.1) is 11.5 Å². The van der Waals surface area contributed by atoms with Gasteiger partial charge in [0.15, 0.2) is 0 Å². The number of unbranched alkanes of at least 4 members (excludes halogenated alkanes) is 2. The maximum Gasteiger partial charge on any atom is 0.397 e. The van der Waals surface area contributed by atoms with Gasteiger partial charge < -0.3 is 14.5 Å². The summed E-state index contributed by atoms with van der Waals surface area (Å²) in [4.78, 5) is 30.4. The monoisotopic (exact) mass is 368 g/mol. The second kappa shape index (κ2) is 8.58. The smallest absolute Gasteiger partial charge is 0.397 e. The molecule has 0 saturated heterocycles. The number of ether oxygens (including phenoxy) is 1. The first-order valence-electron chi connectivity index (χ1n) is 7.81. The van der Waals surface area contributed by atoms with Crippen LogP contribution < -0.4 is 4.74 Å². The molecule has 1 aromatic heterocycles. The minimum atomic E-state index is -4.72. The van der Waals surface area contributed by atoms with Crippen molar-refractivity contribution in [1.29, 1.82) is 0 Å². The second-order valence-electron chi connectivity index (χ2n) is 5.49. The summed E-state index contributed by atoms with van der Waals surface area (Å²) < 4.78 is 16.7. The molecule has 2 aromatic rings. The van der Waals surface area contributed by atoms with Gasteiger partial charge in [0.2, 0.25) is 0 Å². The number of hydrogen-bond donors (Lipinski definition) is 2. The van der Waals surface area contributed by atoms with Crippen molar-refractivity contribution in [3.8, 4) is 5.75 Å². The van der Waals surface area contributed by atoms with Crippen LogP contribution in [0.25, 0.3) is 0 Å². The molecule has 2 N–H and O–H groups in total. The van der Waals surface area contributed by atoms with E-state index in [-0.39, 0.29) is 4.88 Å². The molecule has 0 unspecified atom stereocenters. The van der Waals surface area contributed by atoms with Crippen molar-refractivity contribution in [2.45, 2.75) is 32.6 Å². The lowest BCUT2D eigenvalue weighted by Gasteiger charge is -2.06.